The summed E-state index contributed by atoms with van der Waals surface area (Å²) in [5, 5.41) is 1.88. The van der Waals surface area contributed by atoms with E-state index in [0.717, 1.165) is 12.8 Å². The number of primary amides is 1. The monoisotopic (exact) mass is 355 g/mol. The molecule has 0 bridgehead atoms. The molecule has 1 atom stereocenters. The van der Waals surface area contributed by atoms with Crippen molar-refractivity contribution < 1.29 is 28.7 Å². The summed E-state index contributed by atoms with van der Waals surface area (Å²) in [7, 11) is 0. The van der Waals surface area contributed by atoms with E-state index in [1.165, 1.54) is 6.92 Å². The lowest BCUT2D eigenvalue weighted by molar-refractivity contribution is -0.167. The van der Waals surface area contributed by atoms with Crippen LogP contribution < -0.4 is 11.1 Å². The molecule has 4 amide bonds. The molecule has 2 aliphatic rings. The number of nitrogens with two attached hydrogens (primary N) is 1. The van der Waals surface area contributed by atoms with Gasteiger partial charge in [-0.3, -0.25) is 19.7 Å². The fourth-order valence-corrected chi connectivity index (χ4v) is 3.28. The number of carbonyl (C=O) groups excluding carboxylic acids is 4. The van der Waals surface area contributed by atoms with Crippen LogP contribution in [0.4, 0.5) is 4.79 Å². The normalized spacial score (nSPS) is 20.6. The summed E-state index contributed by atoms with van der Waals surface area (Å²) in [6, 6.07) is -1.01. The maximum absolute atomic E-state index is 12.7. The maximum Gasteiger partial charge on any atom is 0.318 e. The minimum absolute atomic E-state index is 0.0655. The fraction of sp³-hybridized carbons (Fsp3) is 0.750. The van der Waals surface area contributed by atoms with Crippen LogP contribution in [0.3, 0.4) is 0 Å². The summed E-state index contributed by atoms with van der Waals surface area (Å²) < 4.78 is 10.5. The third kappa shape index (κ3) is 4.91. The standard InChI is InChI=1S/C16H25N3O6/c1-11(13(21)18-15(17)23)25-14(22)16(4-2-3-5-16)10-12(20)19-6-8-24-9-7-19/h11H,2-10H2,1H3,(H3,17,18,21,23)/t11-/m0/s1. The average molecular weight is 355 g/mol. The van der Waals surface area contributed by atoms with Gasteiger partial charge in [0, 0.05) is 19.5 Å². The largest absolute Gasteiger partial charge is 0.452 e. The van der Waals surface area contributed by atoms with Gasteiger partial charge >= 0.3 is 12.0 Å². The zero-order chi connectivity index (χ0) is 18.4. The highest BCUT2D eigenvalue weighted by Crippen LogP contribution is 2.43. The van der Waals surface area contributed by atoms with Crippen molar-refractivity contribution in [3.05, 3.63) is 0 Å². The van der Waals surface area contributed by atoms with Crippen molar-refractivity contribution >= 4 is 23.8 Å². The Hall–Kier alpha value is -2.16. The summed E-state index contributed by atoms with van der Waals surface area (Å²) >= 11 is 0. The van der Waals surface area contributed by atoms with Crippen LogP contribution in [0.25, 0.3) is 0 Å². The Morgan fingerprint density at radius 2 is 1.80 bits per heavy atom. The number of carbonyl (C=O) groups is 4. The lowest BCUT2D eigenvalue weighted by atomic mass is 9.82. The molecular weight excluding hydrogens is 330 g/mol. The summed E-state index contributed by atoms with van der Waals surface area (Å²) in [6.07, 6.45) is 1.66. The molecule has 25 heavy (non-hydrogen) atoms. The average Bonchev–Trinajstić information content (AvgIpc) is 3.04. The molecule has 9 heteroatoms. The van der Waals surface area contributed by atoms with Gasteiger partial charge in [0.2, 0.25) is 5.91 Å². The molecule has 0 aromatic heterocycles. The van der Waals surface area contributed by atoms with Gasteiger partial charge in [0.15, 0.2) is 6.10 Å². The van der Waals surface area contributed by atoms with Crippen molar-refractivity contribution in [3.63, 3.8) is 0 Å². The Bertz CT molecular complexity index is 538. The predicted octanol–water partition coefficient (Wildman–Crippen LogP) is -0.0777. The Balaban J connectivity index is 2.00. The number of morpholine rings is 1. The number of hydrogen-bond donors (Lipinski definition) is 2. The molecule has 0 aromatic carbocycles. The van der Waals surface area contributed by atoms with E-state index < -0.39 is 29.4 Å². The van der Waals surface area contributed by atoms with Crippen molar-refractivity contribution in [2.75, 3.05) is 26.3 Å². The van der Waals surface area contributed by atoms with Gasteiger partial charge in [-0.25, -0.2) is 4.79 Å². The topological polar surface area (TPSA) is 128 Å². The second kappa shape index (κ2) is 8.28. The van der Waals surface area contributed by atoms with E-state index in [0.29, 0.717) is 39.1 Å². The lowest BCUT2D eigenvalue weighted by Gasteiger charge is -2.32. The molecule has 1 heterocycles. The SMILES string of the molecule is C[C@H](OC(=O)C1(CC(=O)N2CCOCC2)CCCC1)C(=O)NC(N)=O. The van der Waals surface area contributed by atoms with Gasteiger partial charge in [-0.2, -0.15) is 0 Å². The van der Waals surface area contributed by atoms with Crippen LogP contribution >= 0.6 is 0 Å². The van der Waals surface area contributed by atoms with Crippen molar-refractivity contribution in [1.29, 1.82) is 0 Å². The van der Waals surface area contributed by atoms with Crippen LogP contribution in [0, 0.1) is 5.41 Å². The first-order chi connectivity index (χ1) is 11.8. The van der Waals surface area contributed by atoms with Gasteiger partial charge in [0.25, 0.3) is 5.91 Å². The van der Waals surface area contributed by atoms with Gasteiger partial charge in [-0.15, -0.1) is 0 Å². The summed E-state index contributed by atoms with van der Waals surface area (Å²) in [6.45, 7) is 3.38. The summed E-state index contributed by atoms with van der Waals surface area (Å²) in [4.78, 5) is 49.3. The molecule has 0 aromatic rings. The first kappa shape index (κ1) is 19.2. The molecule has 1 saturated heterocycles. The molecule has 3 N–H and O–H groups in total. The molecule has 1 aliphatic heterocycles. The highest BCUT2D eigenvalue weighted by atomic mass is 16.5. The number of imide groups is 1. The van der Waals surface area contributed by atoms with Gasteiger partial charge in [0.05, 0.1) is 18.6 Å². The second-order valence-corrected chi connectivity index (χ2v) is 6.56. The number of urea groups is 1. The van der Waals surface area contributed by atoms with E-state index in [2.05, 4.69) is 0 Å². The van der Waals surface area contributed by atoms with E-state index in [4.69, 9.17) is 15.2 Å². The number of rotatable bonds is 5. The Labute approximate surface area is 146 Å². The molecule has 2 fully saturated rings. The molecule has 140 valence electrons. The smallest absolute Gasteiger partial charge is 0.318 e. The van der Waals surface area contributed by atoms with Gasteiger partial charge < -0.3 is 20.1 Å². The predicted molar refractivity (Wildman–Crippen MR) is 86.2 cm³/mol. The van der Waals surface area contributed by atoms with E-state index in [9.17, 15) is 19.2 Å². The fourth-order valence-electron chi connectivity index (χ4n) is 3.28. The zero-order valence-corrected chi connectivity index (χ0v) is 14.4. The van der Waals surface area contributed by atoms with E-state index in [1.807, 2.05) is 5.32 Å². The Kier molecular flexibility index (Phi) is 6.35. The molecule has 0 radical (unpaired) electrons. The third-order valence-corrected chi connectivity index (χ3v) is 4.75. The molecule has 0 spiro atoms. The van der Waals surface area contributed by atoms with Crippen LogP contribution in [0.2, 0.25) is 0 Å². The highest BCUT2D eigenvalue weighted by Gasteiger charge is 2.46. The number of nitrogens with zero attached hydrogens (tertiary/aromatic N) is 1. The first-order valence-corrected chi connectivity index (χ1v) is 8.51. The highest BCUT2D eigenvalue weighted by molar-refractivity contribution is 5.97. The minimum Gasteiger partial charge on any atom is -0.452 e. The van der Waals surface area contributed by atoms with Crippen LogP contribution in [0.5, 0.6) is 0 Å². The molecule has 1 aliphatic carbocycles. The number of ether oxygens (including phenoxy) is 2. The molecular formula is C16H25N3O6. The zero-order valence-electron chi connectivity index (χ0n) is 14.4. The first-order valence-electron chi connectivity index (χ1n) is 8.51. The van der Waals surface area contributed by atoms with Gasteiger partial charge in [0.1, 0.15) is 0 Å². The van der Waals surface area contributed by atoms with Crippen molar-refractivity contribution in [2.45, 2.75) is 45.1 Å². The van der Waals surface area contributed by atoms with E-state index in [-0.39, 0.29) is 12.3 Å². The van der Waals surface area contributed by atoms with Gasteiger partial charge in [-0.1, -0.05) is 12.8 Å². The number of esters is 1. The second-order valence-electron chi connectivity index (χ2n) is 6.56. The van der Waals surface area contributed by atoms with Crippen LogP contribution in [-0.4, -0.2) is 61.1 Å². The third-order valence-electron chi connectivity index (χ3n) is 4.75. The van der Waals surface area contributed by atoms with E-state index in [1.54, 1.807) is 4.90 Å². The van der Waals surface area contributed by atoms with Gasteiger partial charge in [-0.05, 0) is 19.8 Å². The van der Waals surface area contributed by atoms with E-state index >= 15 is 0 Å². The van der Waals surface area contributed by atoms with Crippen molar-refractivity contribution in [2.24, 2.45) is 11.1 Å². The lowest BCUT2D eigenvalue weighted by Crippen LogP contribution is -2.46. The number of amides is 4. The molecule has 2 rings (SSSR count). The number of hydrogen-bond acceptors (Lipinski definition) is 6. The minimum atomic E-state index is -1.16. The van der Waals surface area contributed by atoms with Crippen LogP contribution in [0.1, 0.15) is 39.0 Å². The van der Waals surface area contributed by atoms with Crippen LogP contribution in [0.15, 0.2) is 0 Å². The molecule has 9 nitrogen and oxygen atoms in total. The Morgan fingerprint density at radius 1 is 1.20 bits per heavy atom. The molecule has 0 unspecified atom stereocenters. The Morgan fingerprint density at radius 3 is 2.36 bits per heavy atom. The van der Waals surface area contributed by atoms with Crippen LogP contribution in [-0.2, 0) is 23.9 Å². The maximum atomic E-state index is 12.7. The van der Waals surface area contributed by atoms with Crippen molar-refractivity contribution in [3.8, 4) is 0 Å². The number of nitrogens with one attached hydrogen (secondary N) is 1. The summed E-state index contributed by atoms with van der Waals surface area (Å²) in [5.41, 5.74) is 3.98. The quantitative estimate of drug-likeness (QED) is 0.664. The summed E-state index contributed by atoms with van der Waals surface area (Å²) in [5.74, 6) is -1.45. The molecule has 1 saturated carbocycles. The van der Waals surface area contributed by atoms with Crippen molar-refractivity contribution in [1.82, 2.24) is 10.2 Å².